The first-order valence-corrected chi connectivity index (χ1v) is 6.20. The van der Waals surface area contributed by atoms with Crippen molar-refractivity contribution in [2.75, 3.05) is 6.54 Å². The van der Waals surface area contributed by atoms with Gasteiger partial charge in [0, 0.05) is 17.0 Å². The number of hydrogen-bond acceptors (Lipinski definition) is 3. The zero-order valence-electron chi connectivity index (χ0n) is 8.82. The minimum Gasteiger partial charge on any atom is -0.352 e. The third-order valence-electron chi connectivity index (χ3n) is 2.48. The van der Waals surface area contributed by atoms with Crippen molar-refractivity contribution in [3.8, 4) is 0 Å². The Balaban J connectivity index is 1.70. The molecule has 4 heteroatoms. The molecule has 1 aromatic heterocycles. The zero-order valence-corrected chi connectivity index (χ0v) is 9.64. The van der Waals surface area contributed by atoms with Crippen LogP contribution in [0, 0.1) is 0 Å². The van der Waals surface area contributed by atoms with Crippen molar-refractivity contribution in [3.05, 3.63) is 22.4 Å². The summed E-state index contributed by atoms with van der Waals surface area (Å²) < 4.78 is 0. The van der Waals surface area contributed by atoms with Crippen LogP contribution in [0.3, 0.4) is 0 Å². The van der Waals surface area contributed by atoms with Gasteiger partial charge in [-0.1, -0.05) is 6.07 Å². The van der Waals surface area contributed by atoms with E-state index in [1.807, 2.05) is 6.07 Å². The fourth-order valence-electron chi connectivity index (χ4n) is 1.39. The summed E-state index contributed by atoms with van der Waals surface area (Å²) in [5, 5.41) is 8.23. The highest BCUT2D eigenvalue weighted by Gasteiger charge is 2.23. The molecule has 15 heavy (non-hydrogen) atoms. The maximum absolute atomic E-state index is 11.4. The molecule has 0 radical (unpaired) electrons. The second-order valence-electron chi connectivity index (χ2n) is 3.96. The van der Waals surface area contributed by atoms with Gasteiger partial charge in [-0.2, -0.15) is 0 Å². The minimum atomic E-state index is 0.112. The Hall–Kier alpha value is -0.870. The smallest absolute Gasteiger partial charge is 0.234 e. The van der Waals surface area contributed by atoms with Crippen LogP contribution in [0.15, 0.2) is 17.5 Å². The molecule has 1 heterocycles. The van der Waals surface area contributed by atoms with Crippen molar-refractivity contribution in [1.29, 1.82) is 0 Å². The normalized spacial score (nSPS) is 17.4. The van der Waals surface area contributed by atoms with Crippen molar-refractivity contribution in [1.82, 2.24) is 10.6 Å². The Kier molecular flexibility index (Phi) is 3.38. The van der Waals surface area contributed by atoms with Crippen molar-refractivity contribution >= 4 is 17.2 Å². The molecule has 1 aliphatic rings. The lowest BCUT2D eigenvalue weighted by molar-refractivity contribution is -0.120. The third-order valence-corrected chi connectivity index (χ3v) is 3.54. The first-order valence-electron chi connectivity index (χ1n) is 5.32. The van der Waals surface area contributed by atoms with Crippen LogP contribution in [0.2, 0.25) is 0 Å². The van der Waals surface area contributed by atoms with E-state index in [4.69, 9.17) is 0 Å². The molecule has 0 unspecified atom stereocenters. The van der Waals surface area contributed by atoms with E-state index in [0.29, 0.717) is 12.6 Å². The number of carbonyl (C=O) groups is 1. The highest BCUT2D eigenvalue weighted by molar-refractivity contribution is 7.10. The van der Waals surface area contributed by atoms with E-state index in [1.165, 1.54) is 4.88 Å². The summed E-state index contributed by atoms with van der Waals surface area (Å²) in [6.45, 7) is 2.49. The molecule has 1 aromatic rings. The zero-order chi connectivity index (χ0) is 10.7. The Bertz CT molecular complexity index is 319. The second kappa shape index (κ2) is 4.77. The molecule has 0 saturated heterocycles. The SMILES string of the molecule is C[C@H](NCC(=O)NC1CC1)c1cccs1. The predicted octanol–water partition coefficient (Wildman–Crippen LogP) is 1.68. The van der Waals surface area contributed by atoms with E-state index < -0.39 is 0 Å². The van der Waals surface area contributed by atoms with Crippen molar-refractivity contribution < 1.29 is 4.79 Å². The molecule has 1 atom stereocenters. The maximum Gasteiger partial charge on any atom is 0.234 e. The lowest BCUT2D eigenvalue weighted by Crippen LogP contribution is -2.35. The van der Waals surface area contributed by atoms with Crippen molar-refractivity contribution in [2.45, 2.75) is 31.8 Å². The highest BCUT2D eigenvalue weighted by Crippen LogP contribution is 2.19. The van der Waals surface area contributed by atoms with Crippen LogP contribution in [0.1, 0.15) is 30.7 Å². The monoisotopic (exact) mass is 224 g/mol. The van der Waals surface area contributed by atoms with E-state index in [2.05, 4.69) is 29.0 Å². The van der Waals surface area contributed by atoms with Gasteiger partial charge < -0.3 is 10.6 Å². The van der Waals surface area contributed by atoms with Crippen molar-refractivity contribution in [3.63, 3.8) is 0 Å². The van der Waals surface area contributed by atoms with Gasteiger partial charge in [0.25, 0.3) is 0 Å². The molecule has 1 fully saturated rings. The van der Waals surface area contributed by atoms with E-state index >= 15 is 0 Å². The standard InChI is InChI=1S/C11H16N2OS/c1-8(10-3-2-6-15-10)12-7-11(14)13-9-4-5-9/h2-3,6,8-9,12H,4-5,7H2,1H3,(H,13,14)/t8-/m0/s1. The molecule has 2 N–H and O–H groups in total. The lowest BCUT2D eigenvalue weighted by Gasteiger charge is -2.11. The van der Waals surface area contributed by atoms with Crippen LogP contribution in [0.5, 0.6) is 0 Å². The average Bonchev–Trinajstić information content (AvgIpc) is 2.86. The summed E-state index contributed by atoms with van der Waals surface area (Å²) in [5.41, 5.74) is 0. The van der Waals surface area contributed by atoms with Crippen LogP contribution >= 0.6 is 11.3 Å². The van der Waals surface area contributed by atoms with Gasteiger partial charge in [0.05, 0.1) is 6.54 Å². The molecule has 1 amide bonds. The van der Waals surface area contributed by atoms with Crippen LogP contribution in [0.4, 0.5) is 0 Å². The molecule has 82 valence electrons. The van der Waals surface area contributed by atoms with Crippen LogP contribution < -0.4 is 10.6 Å². The molecular formula is C11H16N2OS. The molecule has 0 aliphatic heterocycles. The Labute approximate surface area is 93.9 Å². The van der Waals surface area contributed by atoms with Crippen molar-refractivity contribution in [2.24, 2.45) is 0 Å². The first kappa shape index (κ1) is 10.6. The van der Waals surface area contributed by atoms with Gasteiger partial charge in [-0.05, 0) is 31.2 Å². The molecule has 0 spiro atoms. The Morgan fingerprint density at radius 2 is 2.47 bits per heavy atom. The molecule has 1 saturated carbocycles. The second-order valence-corrected chi connectivity index (χ2v) is 4.94. The van der Waals surface area contributed by atoms with Gasteiger partial charge in [0.2, 0.25) is 5.91 Å². The van der Waals surface area contributed by atoms with E-state index in [0.717, 1.165) is 12.8 Å². The largest absolute Gasteiger partial charge is 0.352 e. The fraction of sp³-hybridized carbons (Fsp3) is 0.545. The summed E-state index contributed by atoms with van der Waals surface area (Å²) in [6.07, 6.45) is 2.29. The number of rotatable bonds is 5. The van der Waals surface area contributed by atoms with Gasteiger partial charge in [-0.3, -0.25) is 4.79 Å². The molecule has 1 aliphatic carbocycles. The highest BCUT2D eigenvalue weighted by atomic mass is 32.1. The van der Waals surface area contributed by atoms with Gasteiger partial charge >= 0.3 is 0 Å². The van der Waals surface area contributed by atoms with E-state index in [-0.39, 0.29) is 11.9 Å². The summed E-state index contributed by atoms with van der Waals surface area (Å²) in [7, 11) is 0. The Morgan fingerprint density at radius 3 is 3.07 bits per heavy atom. The van der Waals surface area contributed by atoms with E-state index in [9.17, 15) is 4.79 Å². The van der Waals surface area contributed by atoms with Crippen LogP contribution in [-0.2, 0) is 4.79 Å². The van der Waals surface area contributed by atoms with Gasteiger partial charge in [-0.15, -0.1) is 11.3 Å². The minimum absolute atomic E-state index is 0.112. The number of thiophene rings is 1. The van der Waals surface area contributed by atoms with Gasteiger partial charge in [0.15, 0.2) is 0 Å². The van der Waals surface area contributed by atoms with Crippen LogP contribution in [-0.4, -0.2) is 18.5 Å². The first-order chi connectivity index (χ1) is 7.25. The average molecular weight is 224 g/mol. The summed E-state index contributed by atoms with van der Waals surface area (Å²) >= 11 is 1.71. The molecule has 0 aromatic carbocycles. The number of nitrogens with one attached hydrogen (secondary N) is 2. The lowest BCUT2D eigenvalue weighted by atomic mass is 10.3. The molecule has 3 nitrogen and oxygen atoms in total. The van der Waals surface area contributed by atoms with Gasteiger partial charge in [-0.25, -0.2) is 0 Å². The maximum atomic E-state index is 11.4. The topological polar surface area (TPSA) is 41.1 Å². The summed E-state index contributed by atoms with van der Waals surface area (Å²) in [4.78, 5) is 12.7. The van der Waals surface area contributed by atoms with Crippen LogP contribution in [0.25, 0.3) is 0 Å². The summed E-state index contributed by atoms with van der Waals surface area (Å²) in [6, 6.07) is 4.83. The number of hydrogen-bond donors (Lipinski definition) is 2. The number of carbonyl (C=O) groups excluding carboxylic acids is 1. The number of amides is 1. The summed E-state index contributed by atoms with van der Waals surface area (Å²) in [5.74, 6) is 0.112. The quantitative estimate of drug-likeness (QED) is 0.799. The van der Waals surface area contributed by atoms with E-state index in [1.54, 1.807) is 11.3 Å². The molecule has 2 rings (SSSR count). The Morgan fingerprint density at radius 1 is 1.67 bits per heavy atom. The molecule has 0 bridgehead atoms. The van der Waals surface area contributed by atoms with Gasteiger partial charge in [0.1, 0.15) is 0 Å². The third kappa shape index (κ3) is 3.32. The molecular weight excluding hydrogens is 208 g/mol. The predicted molar refractivity (Wildman–Crippen MR) is 61.9 cm³/mol. The fourth-order valence-corrected chi connectivity index (χ4v) is 2.15.